The van der Waals surface area contributed by atoms with Crippen molar-refractivity contribution in [3.63, 3.8) is 0 Å². The molecule has 0 bridgehead atoms. The van der Waals surface area contributed by atoms with E-state index < -0.39 is 11.8 Å². The highest BCUT2D eigenvalue weighted by atomic mass is 16.5. The molecule has 2 rings (SSSR count). The van der Waals surface area contributed by atoms with E-state index in [0.717, 1.165) is 5.56 Å². The first kappa shape index (κ1) is 13.5. The van der Waals surface area contributed by atoms with Gasteiger partial charge in [-0.25, -0.2) is 4.79 Å². The van der Waals surface area contributed by atoms with Gasteiger partial charge < -0.3 is 14.9 Å². The lowest BCUT2D eigenvalue weighted by molar-refractivity contribution is -0.144. The molecule has 0 atom stereocenters. The fourth-order valence-corrected chi connectivity index (χ4v) is 2.02. The third-order valence-corrected chi connectivity index (χ3v) is 2.89. The van der Waals surface area contributed by atoms with Crippen LogP contribution in [-0.4, -0.2) is 28.6 Å². The largest absolute Gasteiger partial charge is 0.463 e. The second-order valence-electron chi connectivity index (χ2n) is 4.37. The fourth-order valence-electron chi connectivity index (χ4n) is 2.02. The minimum Gasteiger partial charge on any atom is -0.463 e. The Morgan fingerprint density at radius 3 is 2.63 bits per heavy atom. The first-order valence-corrected chi connectivity index (χ1v) is 6.13. The zero-order chi connectivity index (χ0) is 13.9. The number of aliphatic hydroxyl groups is 2. The van der Waals surface area contributed by atoms with Gasteiger partial charge >= 0.3 is 5.97 Å². The van der Waals surface area contributed by atoms with Crippen LogP contribution in [0.5, 0.6) is 0 Å². The van der Waals surface area contributed by atoms with Crippen molar-refractivity contribution >= 4 is 11.5 Å². The number of benzene rings is 1. The summed E-state index contributed by atoms with van der Waals surface area (Å²) in [6, 6.07) is 9.32. The van der Waals surface area contributed by atoms with Crippen molar-refractivity contribution in [3.8, 4) is 0 Å². The van der Waals surface area contributed by atoms with Crippen LogP contribution in [0.3, 0.4) is 0 Å². The molecule has 0 radical (unpaired) electrons. The number of hydrogen-bond acceptors (Lipinski definition) is 4. The Balaban J connectivity index is 2.45. The molecule has 0 saturated heterocycles. The minimum atomic E-state index is -2.00. The molecule has 0 fully saturated rings. The predicted octanol–water partition coefficient (Wildman–Crippen LogP) is 1.64. The molecule has 0 saturated carbocycles. The number of esters is 1. The average Bonchev–Trinajstić information content (AvgIpc) is 2.39. The molecule has 1 aliphatic carbocycles. The van der Waals surface area contributed by atoms with Crippen LogP contribution in [0.4, 0.5) is 0 Å². The molecule has 100 valence electrons. The van der Waals surface area contributed by atoms with Crippen molar-refractivity contribution in [2.24, 2.45) is 0 Å². The molecule has 0 spiro atoms. The van der Waals surface area contributed by atoms with Crippen LogP contribution in [-0.2, 0) is 9.53 Å². The van der Waals surface area contributed by atoms with E-state index in [1.807, 2.05) is 30.3 Å². The summed E-state index contributed by atoms with van der Waals surface area (Å²) in [7, 11) is 0. The zero-order valence-electron chi connectivity index (χ0n) is 10.7. The Morgan fingerprint density at radius 2 is 2.00 bits per heavy atom. The highest BCUT2D eigenvalue weighted by molar-refractivity contribution is 6.01. The third kappa shape index (κ3) is 3.10. The number of carbonyl (C=O) groups excluding carboxylic acids is 1. The standard InChI is InChI=1S/C15H16O4/c1-2-19-14(16)13-10-15(17,18)9-8-12(13)11-6-4-3-5-7-11/h3-9,17-18H,2,10H2,1H3. The van der Waals surface area contributed by atoms with Gasteiger partial charge in [0.25, 0.3) is 0 Å². The van der Waals surface area contributed by atoms with Crippen LogP contribution in [0.15, 0.2) is 48.1 Å². The van der Waals surface area contributed by atoms with Gasteiger partial charge in [0.05, 0.1) is 12.2 Å². The number of ether oxygens (including phenoxy) is 1. The van der Waals surface area contributed by atoms with Crippen LogP contribution in [0, 0.1) is 0 Å². The second kappa shape index (κ2) is 5.38. The maximum atomic E-state index is 11.9. The van der Waals surface area contributed by atoms with Gasteiger partial charge in [0, 0.05) is 6.42 Å². The zero-order valence-corrected chi connectivity index (χ0v) is 10.7. The molecule has 0 heterocycles. The molecule has 1 aromatic rings. The van der Waals surface area contributed by atoms with Crippen molar-refractivity contribution in [3.05, 3.63) is 53.6 Å². The Hall–Kier alpha value is -1.91. The van der Waals surface area contributed by atoms with Gasteiger partial charge in [-0.3, -0.25) is 0 Å². The maximum absolute atomic E-state index is 11.9. The predicted molar refractivity (Wildman–Crippen MR) is 70.9 cm³/mol. The Morgan fingerprint density at radius 1 is 1.32 bits per heavy atom. The van der Waals surface area contributed by atoms with Gasteiger partial charge in [-0.2, -0.15) is 0 Å². The van der Waals surface area contributed by atoms with E-state index in [-0.39, 0.29) is 18.6 Å². The molecule has 1 aromatic carbocycles. The monoisotopic (exact) mass is 260 g/mol. The SMILES string of the molecule is CCOC(=O)C1=C(c2ccccc2)C=CC(O)(O)C1. The van der Waals surface area contributed by atoms with Gasteiger partial charge in [-0.05, 0) is 24.1 Å². The summed E-state index contributed by atoms with van der Waals surface area (Å²) in [6.45, 7) is 1.96. The summed E-state index contributed by atoms with van der Waals surface area (Å²) in [5.74, 6) is -2.52. The van der Waals surface area contributed by atoms with Gasteiger partial charge in [-0.15, -0.1) is 0 Å². The smallest absolute Gasteiger partial charge is 0.334 e. The van der Waals surface area contributed by atoms with Crippen molar-refractivity contribution in [1.82, 2.24) is 0 Å². The molecule has 2 N–H and O–H groups in total. The van der Waals surface area contributed by atoms with Crippen LogP contribution in [0.25, 0.3) is 5.57 Å². The van der Waals surface area contributed by atoms with Gasteiger partial charge in [0.1, 0.15) is 0 Å². The summed E-state index contributed by atoms with van der Waals surface area (Å²) in [5, 5.41) is 19.3. The topological polar surface area (TPSA) is 66.8 Å². The van der Waals surface area contributed by atoms with Crippen LogP contribution in [0.2, 0.25) is 0 Å². The van der Waals surface area contributed by atoms with E-state index in [4.69, 9.17) is 4.74 Å². The van der Waals surface area contributed by atoms with E-state index >= 15 is 0 Å². The van der Waals surface area contributed by atoms with Crippen molar-refractivity contribution in [2.45, 2.75) is 19.1 Å². The molecule has 1 aliphatic rings. The van der Waals surface area contributed by atoms with Crippen LogP contribution in [0.1, 0.15) is 18.9 Å². The van der Waals surface area contributed by atoms with Crippen LogP contribution < -0.4 is 0 Å². The first-order chi connectivity index (χ1) is 9.03. The summed E-state index contributed by atoms with van der Waals surface area (Å²) in [5.41, 5.74) is 1.79. The van der Waals surface area contributed by atoms with E-state index in [9.17, 15) is 15.0 Å². The van der Waals surface area contributed by atoms with Crippen molar-refractivity contribution < 1.29 is 19.7 Å². The van der Waals surface area contributed by atoms with Crippen LogP contribution >= 0.6 is 0 Å². The van der Waals surface area contributed by atoms with Gasteiger partial charge in [0.15, 0.2) is 5.79 Å². The molecule has 0 aliphatic heterocycles. The molecular formula is C15H16O4. The summed E-state index contributed by atoms with van der Waals surface area (Å²) in [6.07, 6.45) is 2.65. The highest BCUT2D eigenvalue weighted by Crippen LogP contribution is 2.32. The Labute approximate surface area is 111 Å². The highest BCUT2D eigenvalue weighted by Gasteiger charge is 2.31. The number of rotatable bonds is 3. The molecule has 19 heavy (non-hydrogen) atoms. The lowest BCUT2D eigenvalue weighted by atomic mass is 9.89. The molecule has 0 aromatic heterocycles. The summed E-state index contributed by atoms with van der Waals surface area (Å²) in [4.78, 5) is 11.9. The molecule has 4 nitrogen and oxygen atoms in total. The van der Waals surface area contributed by atoms with Gasteiger partial charge in [0.2, 0.25) is 0 Å². The lowest BCUT2D eigenvalue weighted by Gasteiger charge is -2.24. The van der Waals surface area contributed by atoms with E-state index in [0.29, 0.717) is 5.57 Å². The normalized spacial score (nSPS) is 17.4. The van der Waals surface area contributed by atoms with Crippen molar-refractivity contribution in [1.29, 1.82) is 0 Å². The van der Waals surface area contributed by atoms with E-state index in [1.54, 1.807) is 13.0 Å². The fraction of sp³-hybridized carbons (Fsp3) is 0.267. The maximum Gasteiger partial charge on any atom is 0.334 e. The number of carbonyl (C=O) groups is 1. The molecule has 4 heteroatoms. The number of hydrogen-bond donors (Lipinski definition) is 2. The Bertz CT molecular complexity index is 526. The van der Waals surface area contributed by atoms with Gasteiger partial charge in [-0.1, -0.05) is 36.4 Å². The average molecular weight is 260 g/mol. The lowest BCUT2D eigenvalue weighted by Crippen LogP contribution is -2.30. The van der Waals surface area contributed by atoms with Crippen molar-refractivity contribution in [2.75, 3.05) is 6.61 Å². The first-order valence-electron chi connectivity index (χ1n) is 6.13. The second-order valence-corrected chi connectivity index (χ2v) is 4.37. The quantitative estimate of drug-likeness (QED) is 0.640. The molecular weight excluding hydrogens is 244 g/mol. The summed E-state index contributed by atoms with van der Waals surface area (Å²) < 4.78 is 4.97. The summed E-state index contributed by atoms with van der Waals surface area (Å²) >= 11 is 0. The van der Waals surface area contributed by atoms with E-state index in [1.165, 1.54) is 6.08 Å². The number of allylic oxidation sites excluding steroid dienone is 2. The third-order valence-electron chi connectivity index (χ3n) is 2.89. The molecule has 0 amide bonds. The minimum absolute atomic E-state index is 0.174. The Kier molecular flexibility index (Phi) is 3.83. The van der Waals surface area contributed by atoms with E-state index in [2.05, 4.69) is 0 Å². The molecule has 0 unspecified atom stereocenters.